The van der Waals surface area contributed by atoms with Gasteiger partial charge < -0.3 is 23.8 Å². The molecule has 6 nitrogen and oxygen atoms in total. The van der Waals surface area contributed by atoms with Crippen LogP contribution in [0.5, 0.6) is 5.75 Å². The van der Waals surface area contributed by atoms with Gasteiger partial charge in [-0.3, -0.25) is 4.79 Å². The predicted octanol–water partition coefficient (Wildman–Crippen LogP) is 3.37. The molecule has 6 heteroatoms. The van der Waals surface area contributed by atoms with E-state index in [9.17, 15) is 4.79 Å². The molecule has 0 saturated heterocycles. The maximum atomic E-state index is 12.6. The van der Waals surface area contributed by atoms with Gasteiger partial charge in [0, 0.05) is 38.9 Å². The smallest absolute Gasteiger partial charge is 0.268 e. The Morgan fingerprint density at radius 1 is 1.19 bits per heavy atom. The van der Waals surface area contributed by atoms with E-state index in [-0.39, 0.29) is 5.91 Å². The molecule has 2 aromatic heterocycles. The van der Waals surface area contributed by atoms with Gasteiger partial charge in [-0.1, -0.05) is 12.1 Å². The maximum absolute atomic E-state index is 12.6. The van der Waals surface area contributed by atoms with E-state index in [1.54, 1.807) is 20.3 Å². The van der Waals surface area contributed by atoms with E-state index in [1.807, 2.05) is 41.8 Å². The molecule has 0 atom stereocenters. The fraction of sp³-hybridized carbons (Fsp3) is 0.350. The third-order valence-electron chi connectivity index (χ3n) is 4.26. The Kier molecular flexibility index (Phi) is 5.63. The number of nitrogens with one attached hydrogen (secondary N) is 1. The molecule has 3 rings (SSSR count). The van der Waals surface area contributed by atoms with Crippen molar-refractivity contribution in [1.82, 2.24) is 9.88 Å². The van der Waals surface area contributed by atoms with Crippen LogP contribution in [0.3, 0.4) is 0 Å². The first-order chi connectivity index (χ1) is 12.6. The van der Waals surface area contributed by atoms with Crippen molar-refractivity contribution in [2.75, 3.05) is 27.4 Å². The van der Waals surface area contributed by atoms with Crippen LogP contribution in [0.25, 0.3) is 11.1 Å². The fourth-order valence-corrected chi connectivity index (χ4v) is 2.95. The number of hydrogen-bond donors (Lipinski definition) is 1. The van der Waals surface area contributed by atoms with Gasteiger partial charge in [-0.25, -0.2) is 0 Å². The largest absolute Gasteiger partial charge is 0.497 e. The second kappa shape index (κ2) is 8.10. The van der Waals surface area contributed by atoms with Crippen molar-refractivity contribution in [3.05, 3.63) is 53.4 Å². The summed E-state index contributed by atoms with van der Waals surface area (Å²) in [4.78, 5) is 12.6. The highest BCUT2D eigenvalue weighted by Gasteiger charge is 2.18. The number of methoxy groups -OCH3 is 2. The quantitative estimate of drug-likeness (QED) is 0.629. The van der Waals surface area contributed by atoms with Crippen LogP contribution < -0.4 is 10.1 Å². The lowest BCUT2D eigenvalue weighted by atomic mass is 10.2. The van der Waals surface area contributed by atoms with Gasteiger partial charge in [0.2, 0.25) is 0 Å². The molecule has 0 spiro atoms. The molecular weight excluding hydrogens is 332 g/mol. The lowest BCUT2D eigenvalue weighted by molar-refractivity contribution is 0.0940. The van der Waals surface area contributed by atoms with Crippen LogP contribution in [-0.2, 0) is 11.3 Å². The summed E-state index contributed by atoms with van der Waals surface area (Å²) in [5.74, 6) is 1.52. The first-order valence-corrected chi connectivity index (χ1v) is 8.62. The van der Waals surface area contributed by atoms with Crippen LogP contribution in [0, 0.1) is 6.92 Å². The molecule has 26 heavy (non-hydrogen) atoms. The number of carbonyl (C=O) groups excluding carboxylic acids is 1. The Morgan fingerprint density at radius 3 is 2.65 bits per heavy atom. The molecule has 0 aliphatic rings. The second-order valence-corrected chi connectivity index (χ2v) is 6.17. The zero-order valence-electron chi connectivity index (χ0n) is 15.4. The van der Waals surface area contributed by atoms with Crippen LogP contribution in [-0.4, -0.2) is 37.8 Å². The highest BCUT2D eigenvalue weighted by molar-refractivity contribution is 5.97. The van der Waals surface area contributed by atoms with Crippen molar-refractivity contribution in [3.63, 3.8) is 0 Å². The number of aryl methyl sites for hydroxylation is 1. The summed E-state index contributed by atoms with van der Waals surface area (Å²) in [5.41, 5.74) is 3.31. The van der Waals surface area contributed by atoms with Gasteiger partial charge in [-0.2, -0.15) is 0 Å². The molecule has 2 heterocycles. The van der Waals surface area contributed by atoms with Crippen molar-refractivity contribution in [2.24, 2.45) is 0 Å². The van der Waals surface area contributed by atoms with E-state index >= 15 is 0 Å². The molecule has 0 aliphatic carbocycles. The number of hydrogen-bond acceptors (Lipinski definition) is 4. The first-order valence-electron chi connectivity index (χ1n) is 8.62. The summed E-state index contributed by atoms with van der Waals surface area (Å²) in [5, 5.41) is 2.94. The number of fused-ring (bicyclic) bond motifs is 1. The van der Waals surface area contributed by atoms with E-state index in [0.29, 0.717) is 25.4 Å². The number of nitrogens with zero attached hydrogens (tertiary/aromatic N) is 1. The molecular formula is C20H24N2O4. The van der Waals surface area contributed by atoms with Crippen molar-refractivity contribution < 1.29 is 18.7 Å². The van der Waals surface area contributed by atoms with Gasteiger partial charge in [-0.05, 0) is 31.0 Å². The summed E-state index contributed by atoms with van der Waals surface area (Å²) >= 11 is 0. The zero-order chi connectivity index (χ0) is 18.5. The van der Waals surface area contributed by atoms with Crippen molar-refractivity contribution in [1.29, 1.82) is 0 Å². The molecule has 0 saturated carbocycles. The molecule has 0 fully saturated rings. The normalized spacial score (nSPS) is 11.0. The SMILES string of the molecule is COCCCNC(=O)c1cc2oc(C)cc2n1Cc1ccc(OC)cc1. The van der Waals surface area contributed by atoms with E-state index in [1.165, 1.54) is 0 Å². The van der Waals surface area contributed by atoms with E-state index in [4.69, 9.17) is 13.9 Å². The average molecular weight is 356 g/mol. The molecule has 1 aromatic carbocycles. The van der Waals surface area contributed by atoms with Crippen LogP contribution in [0.15, 0.2) is 40.8 Å². The first kappa shape index (κ1) is 18.1. The average Bonchev–Trinajstić information content (AvgIpc) is 3.16. The Balaban J connectivity index is 1.86. The van der Waals surface area contributed by atoms with E-state index in [2.05, 4.69) is 5.32 Å². The van der Waals surface area contributed by atoms with Crippen molar-refractivity contribution >= 4 is 17.0 Å². The van der Waals surface area contributed by atoms with Crippen LogP contribution >= 0.6 is 0 Å². The highest BCUT2D eigenvalue weighted by Crippen LogP contribution is 2.25. The lowest BCUT2D eigenvalue weighted by Gasteiger charge is -2.11. The Morgan fingerprint density at radius 2 is 1.96 bits per heavy atom. The molecule has 0 bridgehead atoms. The van der Waals surface area contributed by atoms with E-state index < -0.39 is 0 Å². The standard InChI is InChI=1S/C20H24N2O4/c1-14-11-17-19(26-14)12-18(20(23)21-9-4-10-24-2)22(17)13-15-5-7-16(25-3)8-6-15/h5-8,11-12H,4,9-10,13H2,1-3H3,(H,21,23). The molecule has 3 aromatic rings. The minimum Gasteiger partial charge on any atom is -0.497 e. The minimum absolute atomic E-state index is 0.112. The predicted molar refractivity (Wildman–Crippen MR) is 99.9 cm³/mol. The van der Waals surface area contributed by atoms with E-state index in [0.717, 1.165) is 34.6 Å². The number of ether oxygens (including phenoxy) is 2. The summed E-state index contributed by atoms with van der Waals surface area (Å²) in [6, 6.07) is 11.6. The third-order valence-corrected chi connectivity index (χ3v) is 4.26. The summed E-state index contributed by atoms with van der Waals surface area (Å²) < 4.78 is 17.9. The number of furan rings is 1. The summed E-state index contributed by atoms with van der Waals surface area (Å²) in [6.07, 6.45) is 0.774. The van der Waals surface area contributed by atoms with Crippen LogP contribution in [0.2, 0.25) is 0 Å². The lowest BCUT2D eigenvalue weighted by Crippen LogP contribution is -2.27. The van der Waals surface area contributed by atoms with Crippen molar-refractivity contribution in [2.45, 2.75) is 19.9 Å². The topological polar surface area (TPSA) is 65.6 Å². The Hall–Kier alpha value is -2.73. The minimum atomic E-state index is -0.112. The number of benzene rings is 1. The van der Waals surface area contributed by atoms with Crippen molar-refractivity contribution in [3.8, 4) is 5.75 Å². The van der Waals surface area contributed by atoms with Crippen LogP contribution in [0.1, 0.15) is 28.2 Å². The molecule has 1 N–H and O–H groups in total. The van der Waals surface area contributed by atoms with Gasteiger partial charge >= 0.3 is 0 Å². The monoisotopic (exact) mass is 356 g/mol. The molecule has 0 aliphatic heterocycles. The Labute approximate surface area is 152 Å². The van der Waals surface area contributed by atoms with Crippen LogP contribution in [0.4, 0.5) is 0 Å². The van der Waals surface area contributed by atoms with Gasteiger partial charge in [0.25, 0.3) is 5.91 Å². The number of amides is 1. The van der Waals surface area contributed by atoms with Gasteiger partial charge in [0.1, 0.15) is 17.2 Å². The summed E-state index contributed by atoms with van der Waals surface area (Å²) in [7, 11) is 3.29. The molecule has 0 radical (unpaired) electrons. The Bertz CT molecular complexity index is 877. The second-order valence-electron chi connectivity index (χ2n) is 6.17. The fourth-order valence-electron chi connectivity index (χ4n) is 2.95. The van der Waals surface area contributed by atoms with Gasteiger partial charge in [-0.15, -0.1) is 0 Å². The zero-order valence-corrected chi connectivity index (χ0v) is 15.4. The maximum Gasteiger partial charge on any atom is 0.268 e. The number of rotatable bonds is 8. The van der Waals surface area contributed by atoms with Gasteiger partial charge in [0.05, 0.1) is 12.6 Å². The third kappa shape index (κ3) is 3.91. The number of carbonyl (C=O) groups is 1. The highest BCUT2D eigenvalue weighted by atomic mass is 16.5. The van der Waals surface area contributed by atoms with Gasteiger partial charge in [0.15, 0.2) is 5.58 Å². The molecule has 1 amide bonds. The summed E-state index contributed by atoms with van der Waals surface area (Å²) in [6.45, 7) is 3.67. The number of aromatic nitrogens is 1. The molecule has 0 unspecified atom stereocenters. The molecule has 138 valence electrons.